The highest BCUT2D eigenvalue weighted by Crippen LogP contribution is 2.34. The van der Waals surface area contributed by atoms with Crippen LogP contribution in [0, 0.1) is 5.82 Å². The van der Waals surface area contributed by atoms with Crippen LogP contribution >= 0.6 is 34.7 Å². The van der Waals surface area contributed by atoms with Gasteiger partial charge >= 0.3 is 0 Å². The number of rotatable bonds is 9. The smallest absolute Gasteiger partial charge is 0.270 e. The lowest BCUT2D eigenvalue weighted by atomic mass is 10.2. The van der Waals surface area contributed by atoms with E-state index in [2.05, 4.69) is 20.5 Å². The first kappa shape index (κ1) is 23.4. The van der Waals surface area contributed by atoms with Crippen LogP contribution in [0.25, 0.3) is 17.1 Å². The molecule has 2 heterocycles. The predicted octanol–water partition coefficient (Wildman–Crippen LogP) is 4.85. The number of amides is 1. The number of methoxy groups -OCH3 is 1. The summed E-state index contributed by atoms with van der Waals surface area (Å²) < 4.78 is 21.3. The van der Waals surface area contributed by atoms with Crippen LogP contribution in [0.4, 0.5) is 4.39 Å². The molecular weight excluding hydrogens is 485 g/mol. The van der Waals surface area contributed by atoms with E-state index in [-0.39, 0.29) is 5.91 Å². The molecule has 1 amide bonds. The third-order valence-corrected chi connectivity index (χ3v) is 6.84. The Balaban J connectivity index is 1.60. The second-order valence-corrected chi connectivity index (χ2v) is 9.03. The number of thiazole rings is 1. The number of nitrogens with one attached hydrogen (secondary N) is 1. The average Bonchev–Trinajstić information content (AvgIpc) is 3.46. The van der Waals surface area contributed by atoms with Gasteiger partial charge in [-0.2, -0.15) is 0 Å². The van der Waals surface area contributed by atoms with E-state index in [4.69, 9.17) is 16.3 Å². The molecule has 0 radical (unpaired) electrons. The molecule has 0 spiro atoms. The van der Waals surface area contributed by atoms with Gasteiger partial charge in [-0.3, -0.25) is 9.36 Å². The molecule has 2 aromatic carbocycles. The molecule has 2 aromatic heterocycles. The molecule has 4 aromatic rings. The van der Waals surface area contributed by atoms with Crippen molar-refractivity contribution in [3.63, 3.8) is 0 Å². The molecule has 0 saturated carbocycles. The van der Waals surface area contributed by atoms with Crippen LogP contribution < -0.4 is 5.32 Å². The highest BCUT2D eigenvalue weighted by molar-refractivity contribution is 7.98. The summed E-state index contributed by atoms with van der Waals surface area (Å²) in [4.78, 5) is 16.6. The van der Waals surface area contributed by atoms with Gasteiger partial charge in [-0.1, -0.05) is 47.6 Å². The number of hydrogen-bond acceptors (Lipinski definition) is 7. The topological polar surface area (TPSA) is 81.9 Å². The highest BCUT2D eigenvalue weighted by atomic mass is 35.5. The van der Waals surface area contributed by atoms with Gasteiger partial charge < -0.3 is 10.1 Å². The standard InChI is InChI=1S/C22H19ClFN5O2S2/c1-31-11-10-25-21(30)17-12-32-19(26-17)13-33-22-28-27-20(14-6-2-3-7-15(14)23)29(22)18-9-5-4-8-16(18)24/h2-9,12H,10-11,13H2,1H3,(H,25,30). The molecule has 0 saturated heterocycles. The zero-order chi connectivity index (χ0) is 23.2. The summed E-state index contributed by atoms with van der Waals surface area (Å²) in [6, 6.07) is 13.6. The molecule has 0 bridgehead atoms. The van der Waals surface area contributed by atoms with Crippen molar-refractivity contribution in [3.8, 4) is 17.1 Å². The first-order chi connectivity index (χ1) is 16.1. The van der Waals surface area contributed by atoms with Gasteiger partial charge in [-0.25, -0.2) is 9.37 Å². The fraction of sp³-hybridized carbons (Fsp3) is 0.182. The van der Waals surface area contributed by atoms with Crippen LogP contribution in [0.3, 0.4) is 0 Å². The number of halogens is 2. The van der Waals surface area contributed by atoms with E-state index in [0.29, 0.717) is 51.9 Å². The Morgan fingerprint density at radius 1 is 1.21 bits per heavy atom. The third-order valence-electron chi connectivity index (χ3n) is 4.54. The lowest BCUT2D eigenvalue weighted by molar-refractivity contribution is 0.0932. The van der Waals surface area contributed by atoms with E-state index in [1.165, 1.54) is 29.2 Å². The Morgan fingerprint density at radius 3 is 2.79 bits per heavy atom. The van der Waals surface area contributed by atoms with E-state index >= 15 is 0 Å². The number of carbonyl (C=O) groups is 1. The van der Waals surface area contributed by atoms with Gasteiger partial charge in [0.2, 0.25) is 0 Å². The number of thioether (sulfide) groups is 1. The average molecular weight is 504 g/mol. The van der Waals surface area contributed by atoms with Gasteiger partial charge in [0.05, 0.1) is 23.1 Å². The fourth-order valence-corrected chi connectivity index (χ4v) is 4.95. The van der Waals surface area contributed by atoms with Crippen molar-refractivity contribution >= 4 is 40.6 Å². The van der Waals surface area contributed by atoms with Crippen molar-refractivity contribution in [3.05, 3.63) is 75.5 Å². The Kier molecular flexibility index (Phi) is 7.71. The number of nitrogens with zero attached hydrogens (tertiary/aromatic N) is 4. The van der Waals surface area contributed by atoms with Crippen molar-refractivity contribution in [1.82, 2.24) is 25.1 Å². The molecular formula is C22H19ClFN5O2S2. The van der Waals surface area contributed by atoms with Crippen LogP contribution in [0.1, 0.15) is 15.5 Å². The first-order valence-corrected chi connectivity index (χ1v) is 12.1. The minimum Gasteiger partial charge on any atom is -0.383 e. The molecule has 11 heteroatoms. The lowest BCUT2D eigenvalue weighted by Crippen LogP contribution is -2.27. The summed E-state index contributed by atoms with van der Waals surface area (Å²) in [6.45, 7) is 0.839. The molecule has 0 aliphatic heterocycles. The zero-order valence-corrected chi connectivity index (χ0v) is 19.9. The van der Waals surface area contributed by atoms with Crippen LogP contribution in [-0.4, -0.2) is 45.9 Å². The van der Waals surface area contributed by atoms with Crippen LogP contribution in [0.15, 0.2) is 59.1 Å². The van der Waals surface area contributed by atoms with Crippen molar-refractivity contribution in [2.75, 3.05) is 20.3 Å². The molecule has 0 fully saturated rings. The molecule has 0 aliphatic rings. The number of aromatic nitrogens is 4. The van der Waals surface area contributed by atoms with Crippen molar-refractivity contribution in [2.24, 2.45) is 0 Å². The summed E-state index contributed by atoms with van der Waals surface area (Å²) in [5.74, 6) is 0.211. The molecule has 1 N–H and O–H groups in total. The fourth-order valence-electron chi connectivity index (χ4n) is 3.00. The minimum absolute atomic E-state index is 0.255. The van der Waals surface area contributed by atoms with Crippen LogP contribution in [-0.2, 0) is 10.5 Å². The van der Waals surface area contributed by atoms with E-state index in [0.717, 1.165) is 5.01 Å². The number of benzene rings is 2. The largest absolute Gasteiger partial charge is 0.383 e. The highest BCUT2D eigenvalue weighted by Gasteiger charge is 2.21. The van der Waals surface area contributed by atoms with Gasteiger partial charge in [-0.15, -0.1) is 21.5 Å². The van der Waals surface area contributed by atoms with Gasteiger partial charge in [0.15, 0.2) is 11.0 Å². The van der Waals surface area contributed by atoms with Crippen LogP contribution in [0.5, 0.6) is 0 Å². The second-order valence-electron chi connectivity index (χ2n) is 6.74. The van der Waals surface area contributed by atoms with Crippen molar-refractivity contribution in [1.29, 1.82) is 0 Å². The van der Waals surface area contributed by atoms with Gasteiger partial charge in [0.1, 0.15) is 16.5 Å². The van der Waals surface area contributed by atoms with Gasteiger partial charge in [-0.05, 0) is 24.3 Å². The molecule has 0 aliphatic carbocycles. The van der Waals surface area contributed by atoms with Crippen molar-refractivity contribution < 1.29 is 13.9 Å². The molecule has 0 unspecified atom stereocenters. The first-order valence-electron chi connectivity index (χ1n) is 9.88. The summed E-state index contributed by atoms with van der Waals surface area (Å²) >= 11 is 9.10. The minimum atomic E-state index is -0.406. The molecule has 33 heavy (non-hydrogen) atoms. The normalized spacial score (nSPS) is 11.0. The van der Waals surface area contributed by atoms with Gasteiger partial charge in [0.25, 0.3) is 5.91 Å². The maximum atomic E-state index is 14.7. The quantitative estimate of drug-likeness (QED) is 0.260. The van der Waals surface area contributed by atoms with E-state index < -0.39 is 5.82 Å². The monoisotopic (exact) mass is 503 g/mol. The Bertz CT molecular complexity index is 1260. The second kappa shape index (κ2) is 10.9. The SMILES string of the molecule is COCCNC(=O)c1csc(CSc2nnc(-c3ccccc3Cl)n2-c2ccccc2F)n1. The molecule has 0 atom stereocenters. The molecule has 4 rings (SSSR count). The number of ether oxygens (including phenoxy) is 1. The van der Waals surface area contributed by atoms with E-state index in [9.17, 15) is 9.18 Å². The van der Waals surface area contributed by atoms with Crippen LogP contribution in [0.2, 0.25) is 5.02 Å². The lowest BCUT2D eigenvalue weighted by Gasteiger charge is -2.11. The Hall–Kier alpha value is -2.79. The van der Waals surface area contributed by atoms with E-state index in [1.54, 1.807) is 41.3 Å². The summed E-state index contributed by atoms with van der Waals surface area (Å²) in [7, 11) is 1.57. The number of hydrogen-bond donors (Lipinski definition) is 1. The summed E-state index contributed by atoms with van der Waals surface area (Å²) in [6.07, 6.45) is 0. The molecule has 170 valence electrons. The summed E-state index contributed by atoms with van der Waals surface area (Å²) in [5, 5.41) is 14.7. The summed E-state index contributed by atoms with van der Waals surface area (Å²) in [5.41, 5.74) is 1.31. The van der Waals surface area contributed by atoms with Crippen molar-refractivity contribution in [2.45, 2.75) is 10.9 Å². The Morgan fingerprint density at radius 2 is 2.00 bits per heavy atom. The number of para-hydroxylation sites is 1. The Labute approximate surface area is 203 Å². The van der Waals surface area contributed by atoms with Gasteiger partial charge in [0, 0.05) is 24.6 Å². The predicted molar refractivity (Wildman–Crippen MR) is 128 cm³/mol. The van der Waals surface area contributed by atoms with E-state index in [1.807, 2.05) is 18.2 Å². The number of carbonyl (C=O) groups excluding carboxylic acids is 1. The zero-order valence-electron chi connectivity index (χ0n) is 17.5. The third kappa shape index (κ3) is 5.41. The maximum Gasteiger partial charge on any atom is 0.270 e. The maximum absolute atomic E-state index is 14.7. The molecule has 7 nitrogen and oxygen atoms in total.